The van der Waals surface area contributed by atoms with E-state index < -0.39 is 29.0 Å². The number of anilines is 1. The van der Waals surface area contributed by atoms with Crippen LogP contribution in [0.3, 0.4) is 0 Å². The largest absolute Gasteiger partial charge is 0.411 e. The van der Waals surface area contributed by atoms with E-state index in [4.69, 9.17) is 5.21 Å². The van der Waals surface area contributed by atoms with Crippen molar-refractivity contribution in [3.05, 3.63) is 29.6 Å². The molecule has 0 unspecified atom stereocenters. The number of nitrogens with one attached hydrogen (secondary N) is 1. The number of carbonyl (C=O) groups excluding carboxylic acids is 1. The van der Waals surface area contributed by atoms with Crippen molar-refractivity contribution in [2.45, 2.75) is 0 Å². The quantitative estimate of drug-likeness (QED) is 0.342. The smallest absolute Gasteiger partial charge is 0.270 e. The van der Waals surface area contributed by atoms with Crippen molar-refractivity contribution in [2.24, 2.45) is 5.16 Å². The zero-order valence-electron chi connectivity index (χ0n) is 7.17. The lowest BCUT2D eigenvalue weighted by Gasteiger charge is -2.03. The second-order valence-corrected chi connectivity index (χ2v) is 2.48. The summed E-state index contributed by atoms with van der Waals surface area (Å²) in [6.45, 7) is 0. The van der Waals surface area contributed by atoms with Crippen LogP contribution in [0.4, 0.5) is 18.9 Å². The van der Waals surface area contributed by atoms with Gasteiger partial charge < -0.3 is 10.5 Å². The van der Waals surface area contributed by atoms with Crippen LogP contribution in [-0.2, 0) is 4.79 Å². The number of halogens is 3. The molecule has 1 rings (SSSR count). The second kappa shape index (κ2) is 4.45. The van der Waals surface area contributed by atoms with Crippen LogP contribution in [0.2, 0.25) is 0 Å². The van der Waals surface area contributed by atoms with Crippen molar-refractivity contribution in [3.63, 3.8) is 0 Å². The molecule has 0 bridgehead atoms. The van der Waals surface area contributed by atoms with Gasteiger partial charge >= 0.3 is 0 Å². The summed E-state index contributed by atoms with van der Waals surface area (Å²) in [5, 5.41) is 12.1. The Morgan fingerprint density at radius 2 is 2.07 bits per heavy atom. The molecule has 0 atom stereocenters. The summed E-state index contributed by atoms with van der Waals surface area (Å²) in [6, 6.07) is 0.937. The molecule has 0 spiro atoms. The first-order valence-electron chi connectivity index (χ1n) is 3.67. The molecule has 80 valence electrons. The van der Waals surface area contributed by atoms with Crippen LogP contribution < -0.4 is 5.32 Å². The minimum atomic E-state index is -1.42. The molecule has 0 saturated carbocycles. The predicted molar refractivity (Wildman–Crippen MR) is 45.2 cm³/mol. The molecule has 1 aromatic carbocycles. The first-order valence-corrected chi connectivity index (χ1v) is 3.67. The minimum Gasteiger partial charge on any atom is -0.411 e. The van der Waals surface area contributed by atoms with E-state index in [-0.39, 0.29) is 0 Å². The van der Waals surface area contributed by atoms with Gasteiger partial charge in [-0.1, -0.05) is 5.16 Å². The molecule has 0 saturated heterocycles. The van der Waals surface area contributed by atoms with Gasteiger partial charge in [-0.15, -0.1) is 0 Å². The van der Waals surface area contributed by atoms with Gasteiger partial charge in [-0.05, 0) is 0 Å². The van der Waals surface area contributed by atoms with E-state index in [1.807, 2.05) is 0 Å². The van der Waals surface area contributed by atoms with Gasteiger partial charge in [0.2, 0.25) is 0 Å². The maximum Gasteiger partial charge on any atom is 0.270 e. The fourth-order valence-corrected chi connectivity index (χ4v) is 0.864. The highest BCUT2D eigenvalue weighted by molar-refractivity contribution is 6.31. The zero-order valence-corrected chi connectivity index (χ0v) is 7.17. The number of carbonyl (C=O) groups is 1. The van der Waals surface area contributed by atoms with E-state index in [1.165, 1.54) is 0 Å². The van der Waals surface area contributed by atoms with E-state index >= 15 is 0 Å². The van der Waals surface area contributed by atoms with Crippen molar-refractivity contribution in [3.8, 4) is 0 Å². The lowest BCUT2D eigenvalue weighted by atomic mass is 10.3. The van der Waals surface area contributed by atoms with Gasteiger partial charge in [0, 0.05) is 12.1 Å². The molecule has 0 aliphatic carbocycles. The number of amides is 1. The van der Waals surface area contributed by atoms with E-state index in [0.717, 1.165) is 0 Å². The van der Waals surface area contributed by atoms with Gasteiger partial charge in [0.1, 0.15) is 12.0 Å². The Balaban J connectivity index is 2.99. The van der Waals surface area contributed by atoms with Crippen molar-refractivity contribution in [1.82, 2.24) is 0 Å². The lowest BCUT2D eigenvalue weighted by Crippen LogP contribution is -2.14. The van der Waals surface area contributed by atoms with E-state index in [9.17, 15) is 18.0 Å². The predicted octanol–water partition coefficient (Wildman–Crippen LogP) is 1.50. The van der Waals surface area contributed by atoms with Crippen LogP contribution in [0.25, 0.3) is 0 Å². The highest BCUT2D eigenvalue weighted by atomic mass is 19.2. The maximum atomic E-state index is 12.9. The summed E-state index contributed by atoms with van der Waals surface area (Å²) < 4.78 is 38.1. The molecule has 15 heavy (non-hydrogen) atoms. The molecule has 1 amide bonds. The maximum absolute atomic E-state index is 12.9. The molecule has 0 aliphatic rings. The topological polar surface area (TPSA) is 61.7 Å². The van der Waals surface area contributed by atoms with Crippen LogP contribution in [0, 0.1) is 17.5 Å². The van der Waals surface area contributed by atoms with Gasteiger partial charge in [-0.25, -0.2) is 13.2 Å². The molecule has 0 heterocycles. The Bertz CT molecular complexity index is 421. The number of oxime groups is 1. The Labute approximate surface area is 82.0 Å². The van der Waals surface area contributed by atoms with Crippen LogP contribution in [0.1, 0.15) is 0 Å². The zero-order chi connectivity index (χ0) is 11.4. The third-order valence-corrected chi connectivity index (χ3v) is 1.43. The summed E-state index contributed by atoms with van der Waals surface area (Å²) in [4.78, 5) is 10.8. The third kappa shape index (κ3) is 2.70. The molecular weight excluding hydrogens is 213 g/mol. The second-order valence-electron chi connectivity index (χ2n) is 2.48. The number of benzene rings is 1. The van der Waals surface area contributed by atoms with Gasteiger partial charge in [0.25, 0.3) is 5.91 Å². The van der Waals surface area contributed by atoms with Crippen molar-refractivity contribution < 1.29 is 23.2 Å². The summed E-state index contributed by atoms with van der Waals surface area (Å²) in [6.07, 6.45) is 0.419. The molecule has 0 fully saturated rings. The van der Waals surface area contributed by atoms with Crippen LogP contribution in [0.15, 0.2) is 17.3 Å². The lowest BCUT2D eigenvalue weighted by molar-refractivity contribution is -0.110. The van der Waals surface area contributed by atoms with Gasteiger partial charge in [0.15, 0.2) is 11.6 Å². The SMILES string of the molecule is O=C(/C=N/O)Nc1cc(F)cc(F)c1F. The molecule has 1 aromatic rings. The molecular formula is C8H5F3N2O2. The summed E-state index contributed by atoms with van der Waals surface area (Å²) in [7, 11) is 0. The van der Waals surface area contributed by atoms with Gasteiger partial charge in [0.05, 0.1) is 5.69 Å². The summed E-state index contributed by atoms with van der Waals surface area (Å²) in [5.74, 6) is -4.87. The van der Waals surface area contributed by atoms with E-state index in [2.05, 4.69) is 5.16 Å². The fraction of sp³-hybridized carbons (Fsp3) is 0. The van der Waals surface area contributed by atoms with Gasteiger partial charge in [-0.2, -0.15) is 0 Å². The molecule has 4 nitrogen and oxygen atoms in total. The molecule has 0 radical (unpaired) electrons. The van der Waals surface area contributed by atoms with Crippen LogP contribution >= 0.6 is 0 Å². The number of rotatable bonds is 2. The average molecular weight is 218 g/mol. The van der Waals surface area contributed by atoms with Crippen molar-refractivity contribution >= 4 is 17.8 Å². The summed E-state index contributed by atoms with van der Waals surface area (Å²) >= 11 is 0. The number of nitrogens with zero attached hydrogens (tertiary/aromatic N) is 1. The molecule has 0 aliphatic heterocycles. The minimum absolute atomic E-state index is 0.338. The highest BCUT2D eigenvalue weighted by Crippen LogP contribution is 2.18. The Morgan fingerprint density at radius 1 is 1.40 bits per heavy atom. The van der Waals surface area contributed by atoms with Crippen LogP contribution in [0.5, 0.6) is 0 Å². The molecule has 2 N–H and O–H groups in total. The average Bonchev–Trinajstić information content (AvgIpc) is 2.13. The Morgan fingerprint density at radius 3 is 2.67 bits per heavy atom. The Hall–Kier alpha value is -2.05. The number of hydrogen-bond acceptors (Lipinski definition) is 3. The monoisotopic (exact) mass is 218 g/mol. The van der Waals surface area contributed by atoms with Crippen molar-refractivity contribution in [2.75, 3.05) is 5.32 Å². The number of hydrogen-bond donors (Lipinski definition) is 2. The standard InChI is InChI=1S/C8H5F3N2O2/c9-4-1-5(10)8(11)6(2-4)13-7(14)3-12-15/h1-3,15H,(H,13,14)/b12-3+. The third-order valence-electron chi connectivity index (χ3n) is 1.43. The van der Waals surface area contributed by atoms with Crippen molar-refractivity contribution in [1.29, 1.82) is 0 Å². The van der Waals surface area contributed by atoms with Crippen LogP contribution in [-0.4, -0.2) is 17.3 Å². The van der Waals surface area contributed by atoms with E-state index in [1.54, 1.807) is 5.32 Å². The van der Waals surface area contributed by atoms with Gasteiger partial charge in [-0.3, -0.25) is 4.79 Å². The highest BCUT2D eigenvalue weighted by Gasteiger charge is 2.12. The first kappa shape index (κ1) is 11.0. The summed E-state index contributed by atoms with van der Waals surface area (Å²) in [5.41, 5.74) is -0.669. The normalized spacial score (nSPS) is 10.6. The first-order chi connectivity index (χ1) is 7.04. The fourth-order valence-electron chi connectivity index (χ4n) is 0.864. The molecule has 0 aromatic heterocycles. The molecule has 7 heteroatoms. The Kier molecular flexibility index (Phi) is 3.27. The van der Waals surface area contributed by atoms with E-state index in [0.29, 0.717) is 18.3 Å².